The molecule has 0 aliphatic carbocycles. The Hall–Kier alpha value is -2.77. The average molecular weight is 455 g/mol. The van der Waals surface area contributed by atoms with Crippen LogP contribution in [0.3, 0.4) is 0 Å². The molecule has 0 heterocycles. The van der Waals surface area contributed by atoms with Gasteiger partial charge in [-0.25, -0.2) is 8.42 Å². The first kappa shape index (κ1) is 22.9. The summed E-state index contributed by atoms with van der Waals surface area (Å²) in [5.41, 5.74) is 2.22. The molecule has 5 nitrogen and oxygen atoms in total. The second-order valence-electron chi connectivity index (χ2n) is 6.82. The Morgan fingerprint density at radius 1 is 0.903 bits per heavy atom. The smallest absolute Gasteiger partial charge is 0.264 e. The molecule has 3 rings (SSSR count). The highest BCUT2D eigenvalue weighted by Gasteiger charge is 2.27. The molecule has 1 amide bonds. The van der Waals surface area contributed by atoms with Crippen molar-refractivity contribution in [3.05, 3.63) is 84.4 Å². The summed E-state index contributed by atoms with van der Waals surface area (Å²) in [7, 11) is -3.91. The summed E-state index contributed by atoms with van der Waals surface area (Å²) in [5, 5.41) is 2.88. The Balaban J connectivity index is 1.92. The van der Waals surface area contributed by atoms with E-state index in [1.807, 2.05) is 50.2 Å². The van der Waals surface area contributed by atoms with E-state index in [1.165, 1.54) is 12.1 Å². The number of aryl methyl sites for hydroxylation is 1. The van der Waals surface area contributed by atoms with Crippen LogP contribution >= 0.6 is 11.8 Å². The molecule has 0 aliphatic rings. The number of hydrogen-bond acceptors (Lipinski definition) is 4. The quantitative estimate of drug-likeness (QED) is 0.452. The first-order valence-electron chi connectivity index (χ1n) is 10.1. The van der Waals surface area contributed by atoms with Crippen molar-refractivity contribution >= 4 is 39.1 Å². The van der Waals surface area contributed by atoms with E-state index in [2.05, 4.69) is 5.32 Å². The number of sulfonamides is 1. The molecular weight excluding hydrogens is 428 g/mol. The van der Waals surface area contributed by atoms with E-state index in [1.54, 1.807) is 42.1 Å². The van der Waals surface area contributed by atoms with Crippen LogP contribution in [0, 0.1) is 0 Å². The van der Waals surface area contributed by atoms with Gasteiger partial charge in [-0.15, -0.1) is 11.8 Å². The summed E-state index contributed by atoms with van der Waals surface area (Å²) in [6, 6.07) is 22.9. The summed E-state index contributed by atoms with van der Waals surface area (Å²) in [5.74, 6) is 0.466. The highest BCUT2D eigenvalue weighted by atomic mass is 32.2. The van der Waals surface area contributed by atoms with Crippen LogP contribution in [0.1, 0.15) is 19.4 Å². The first-order chi connectivity index (χ1) is 15.0. The van der Waals surface area contributed by atoms with Crippen LogP contribution in [-0.4, -0.2) is 26.6 Å². The minimum Gasteiger partial charge on any atom is -0.323 e. The van der Waals surface area contributed by atoms with E-state index < -0.39 is 15.9 Å². The molecule has 162 valence electrons. The number of nitrogens with zero attached hydrogens (tertiary/aromatic N) is 1. The Kier molecular flexibility index (Phi) is 7.76. The second-order valence-corrected chi connectivity index (χ2v) is 9.99. The number of para-hydroxylation sites is 1. The van der Waals surface area contributed by atoms with Gasteiger partial charge in [-0.3, -0.25) is 9.10 Å². The number of hydrogen-bond donors (Lipinski definition) is 1. The van der Waals surface area contributed by atoms with Gasteiger partial charge < -0.3 is 5.32 Å². The van der Waals surface area contributed by atoms with Crippen molar-refractivity contribution in [1.29, 1.82) is 0 Å². The van der Waals surface area contributed by atoms with E-state index in [-0.39, 0.29) is 11.4 Å². The summed E-state index contributed by atoms with van der Waals surface area (Å²) < 4.78 is 27.9. The summed E-state index contributed by atoms with van der Waals surface area (Å²) in [6.07, 6.45) is 0.845. The SMILES string of the molecule is CCSc1ccccc1NC(=O)CN(c1ccc(CC)cc1)S(=O)(=O)c1ccccc1. The van der Waals surface area contributed by atoms with Gasteiger partial charge >= 0.3 is 0 Å². The number of nitrogens with one attached hydrogen (secondary N) is 1. The monoisotopic (exact) mass is 454 g/mol. The molecule has 3 aromatic rings. The largest absolute Gasteiger partial charge is 0.323 e. The number of thioether (sulfide) groups is 1. The number of carbonyl (C=O) groups is 1. The van der Waals surface area contributed by atoms with Gasteiger partial charge in [-0.1, -0.05) is 56.3 Å². The van der Waals surface area contributed by atoms with Gasteiger partial charge in [-0.2, -0.15) is 0 Å². The second kappa shape index (κ2) is 10.5. The molecule has 0 atom stereocenters. The van der Waals surface area contributed by atoms with E-state index in [0.29, 0.717) is 11.4 Å². The van der Waals surface area contributed by atoms with Crippen LogP contribution < -0.4 is 9.62 Å². The standard InChI is InChI=1S/C24H26N2O3S2/c1-3-19-14-16-20(17-15-19)26(31(28,29)21-10-6-5-7-11-21)18-24(27)25-22-12-8-9-13-23(22)30-4-2/h5-17H,3-4,18H2,1-2H3,(H,25,27). The average Bonchev–Trinajstić information content (AvgIpc) is 2.79. The molecular formula is C24H26N2O3S2. The van der Waals surface area contributed by atoms with Crippen molar-refractivity contribution in [2.45, 2.75) is 30.1 Å². The fourth-order valence-electron chi connectivity index (χ4n) is 3.10. The normalized spacial score (nSPS) is 11.2. The maximum atomic E-state index is 13.4. The third kappa shape index (κ3) is 5.68. The Bertz CT molecular complexity index is 1120. The van der Waals surface area contributed by atoms with E-state index in [4.69, 9.17) is 0 Å². The Morgan fingerprint density at radius 3 is 2.19 bits per heavy atom. The molecule has 7 heteroatoms. The molecule has 31 heavy (non-hydrogen) atoms. The van der Waals surface area contributed by atoms with Crippen LogP contribution in [0.4, 0.5) is 11.4 Å². The number of carbonyl (C=O) groups excluding carboxylic acids is 1. The third-order valence-electron chi connectivity index (χ3n) is 4.71. The minimum absolute atomic E-state index is 0.143. The molecule has 0 saturated carbocycles. The van der Waals surface area contributed by atoms with Gasteiger partial charge in [0.1, 0.15) is 6.54 Å². The van der Waals surface area contributed by atoms with E-state index >= 15 is 0 Å². The Morgan fingerprint density at radius 2 is 1.55 bits per heavy atom. The molecule has 0 fully saturated rings. The van der Waals surface area contributed by atoms with Crippen molar-refractivity contribution in [3.8, 4) is 0 Å². The zero-order valence-corrected chi connectivity index (χ0v) is 19.2. The Labute approximate surface area is 188 Å². The number of anilines is 2. The molecule has 3 aromatic carbocycles. The van der Waals surface area contributed by atoms with Crippen LogP contribution in [0.5, 0.6) is 0 Å². The molecule has 0 unspecified atom stereocenters. The fourth-order valence-corrected chi connectivity index (χ4v) is 5.31. The topological polar surface area (TPSA) is 66.5 Å². The molecule has 0 radical (unpaired) electrons. The van der Waals surface area contributed by atoms with Crippen molar-refractivity contribution in [2.24, 2.45) is 0 Å². The maximum absolute atomic E-state index is 13.4. The minimum atomic E-state index is -3.91. The van der Waals surface area contributed by atoms with Crippen molar-refractivity contribution in [2.75, 3.05) is 21.9 Å². The highest BCUT2D eigenvalue weighted by Crippen LogP contribution is 2.28. The van der Waals surface area contributed by atoms with Gasteiger partial charge in [0.25, 0.3) is 10.0 Å². The first-order valence-corrected chi connectivity index (χ1v) is 12.6. The zero-order valence-electron chi connectivity index (χ0n) is 17.6. The molecule has 0 spiro atoms. The van der Waals surface area contributed by atoms with Crippen molar-refractivity contribution in [3.63, 3.8) is 0 Å². The summed E-state index contributed by atoms with van der Waals surface area (Å²) >= 11 is 1.62. The van der Waals surface area contributed by atoms with Crippen molar-refractivity contribution in [1.82, 2.24) is 0 Å². The lowest BCUT2D eigenvalue weighted by molar-refractivity contribution is -0.114. The molecule has 1 N–H and O–H groups in total. The lowest BCUT2D eigenvalue weighted by Gasteiger charge is -2.24. The van der Waals surface area contributed by atoms with Crippen molar-refractivity contribution < 1.29 is 13.2 Å². The third-order valence-corrected chi connectivity index (χ3v) is 7.46. The van der Waals surface area contributed by atoms with E-state index in [9.17, 15) is 13.2 Å². The number of rotatable bonds is 9. The zero-order chi connectivity index (χ0) is 22.3. The highest BCUT2D eigenvalue weighted by molar-refractivity contribution is 7.99. The predicted octanol–water partition coefficient (Wildman–Crippen LogP) is 5.20. The van der Waals surface area contributed by atoms with Gasteiger partial charge in [0.05, 0.1) is 16.3 Å². The molecule has 0 saturated heterocycles. The van der Waals surface area contributed by atoms with Gasteiger partial charge in [0.15, 0.2) is 0 Å². The van der Waals surface area contributed by atoms with Crippen LogP contribution in [0.2, 0.25) is 0 Å². The summed E-state index contributed by atoms with van der Waals surface area (Å²) in [4.78, 5) is 14.0. The van der Waals surface area contributed by atoms with Crippen LogP contribution in [0.25, 0.3) is 0 Å². The fraction of sp³-hybridized carbons (Fsp3) is 0.208. The number of amides is 1. The van der Waals surface area contributed by atoms with Crippen LogP contribution in [0.15, 0.2) is 88.7 Å². The van der Waals surface area contributed by atoms with Gasteiger partial charge in [-0.05, 0) is 54.1 Å². The molecule has 0 aromatic heterocycles. The predicted molar refractivity (Wildman–Crippen MR) is 128 cm³/mol. The molecule has 0 bridgehead atoms. The van der Waals surface area contributed by atoms with E-state index in [0.717, 1.165) is 26.9 Å². The van der Waals surface area contributed by atoms with Gasteiger partial charge in [0.2, 0.25) is 5.91 Å². The van der Waals surface area contributed by atoms with Crippen LogP contribution in [-0.2, 0) is 21.2 Å². The lowest BCUT2D eigenvalue weighted by Crippen LogP contribution is -2.38. The summed E-state index contributed by atoms with van der Waals surface area (Å²) in [6.45, 7) is 3.75. The number of benzene rings is 3. The van der Waals surface area contributed by atoms with Gasteiger partial charge in [0, 0.05) is 4.90 Å². The molecule has 0 aliphatic heterocycles. The maximum Gasteiger partial charge on any atom is 0.264 e. The lowest BCUT2D eigenvalue weighted by atomic mass is 10.1.